The molecule has 0 amide bonds. The van der Waals surface area contributed by atoms with Crippen molar-refractivity contribution in [3.8, 4) is 17.1 Å². The molecule has 0 fully saturated rings. The van der Waals surface area contributed by atoms with E-state index in [1.165, 1.54) is 4.74 Å². The summed E-state index contributed by atoms with van der Waals surface area (Å²) in [7, 11) is 0. The normalized spacial score (nSPS) is 11.4. The first-order valence-corrected chi connectivity index (χ1v) is 8.17. The molecule has 3 heterocycles. The third kappa shape index (κ3) is 2.12. The van der Waals surface area contributed by atoms with Gasteiger partial charge in [-0.3, -0.25) is 0 Å². The molecule has 0 aliphatic rings. The number of hydrogen-bond donors (Lipinski definition) is 2. The van der Waals surface area contributed by atoms with E-state index >= 15 is 0 Å². The number of anilines is 1. The Morgan fingerprint density at radius 1 is 1.00 bits per heavy atom. The van der Waals surface area contributed by atoms with Crippen molar-refractivity contribution >= 4 is 27.6 Å². The molecular formula is C20H14N4O2. The molecular weight excluding hydrogens is 328 g/mol. The number of nitrogens with zero attached hydrogens (tertiary/aromatic N) is 2. The number of nitrogen functional groups attached to an aromatic ring is 1. The number of rotatable bonds is 2. The fourth-order valence-corrected chi connectivity index (χ4v) is 3.16. The summed E-state index contributed by atoms with van der Waals surface area (Å²) in [6.07, 6.45) is 0. The highest BCUT2D eigenvalue weighted by Crippen LogP contribution is 2.28. The number of nitrogens with two attached hydrogens (primary N) is 1. The molecule has 0 saturated carbocycles. The van der Waals surface area contributed by atoms with Crippen molar-refractivity contribution in [2.75, 3.05) is 5.73 Å². The Morgan fingerprint density at radius 3 is 2.58 bits per heavy atom. The summed E-state index contributed by atoms with van der Waals surface area (Å²) < 4.78 is 6.86. The van der Waals surface area contributed by atoms with Crippen LogP contribution in [0.25, 0.3) is 39.0 Å². The number of fused-ring (bicyclic) bond motifs is 2. The van der Waals surface area contributed by atoms with Gasteiger partial charge in [0.1, 0.15) is 5.39 Å². The van der Waals surface area contributed by atoms with Crippen LogP contribution in [0.5, 0.6) is 0 Å². The number of pyridine rings is 1. The molecule has 5 aromatic rings. The summed E-state index contributed by atoms with van der Waals surface area (Å²) in [5, 5.41) is 1.37. The van der Waals surface area contributed by atoms with E-state index in [2.05, 4.69) is 9.97 Å². The zero-order chi connectivity index (χ0) is 17.7. The number of aromatic amines is 1. The number of H-pyrrole nitrogens is 1. The molecule has 3 aromatic heterocycles. The van der Waals surface area contributed by atoms with E-state index in [1.807, 2.05) is 60.7 Å². The van der Waals surface area contributed by atoms with E-state index in [0.717, 1.165) is 16.5 Å². The first-order chi connectivity index (χ1) is 12.7. The summed E-state index contributed by atoms with van der Waals surface area (Å²) in [6, 6.07) is 21.0. The van der Waals surface area contributed by atoms with E-state index in [1.54, 1.807) is 6.07 Å². The molecule has 6 nitrogen and oxygen atoms in total. The Labute approximate surface area is 147 Å². The molecule has 0 radical (unpaired) electrons. The van der Waals surface area contributed by atoms with Crippen LogP contribution in [-0.4, -0.2) is 14.7 Å². The average molecular weight is 342 g/mol. The Kier molecular flexibility index (Phi) is 2.99. The highest BCUT2D eigenvalue weighted by Gasteiger charge is 2.17. The molecule has 5 rings (SSSR count). The van der Waals surface area contributed by atoms with E-state index in [4.69, 9.17) is 10.3 Å². The molecule has 0 atom stereocenters. The van der Waals surface area contributed by atoms with E-state index in [0.29, 0.717) is 28.2 Å². The standard InChI is InChI=1S/C20H14N4O2/c21-15-11-14-19(23-18(15)12-6-2-1-3-7-12)24(26-20(14)25)17-10-13-8-4-5-9-16(13)22-17/h1-11,22H,21H2. The molecule has 0 aliphatic carbocycles. The molecule has 0 bridgehead atoms. The van der Waals surface area contributed by atoms with Gasteiger partial charge in [0, 0.05) is 16.5 Å². The van der Waals surface area contributed by atoms with Gasteiger partial charge in [-0.1, -0.05) is 48.5 Å². The van der Waals surface area contributed by atoms with Gasteiger partial charge in [0.15, 0.2) is 11.5 Å². The number of benzene rings is 2. The molecule has 2 aromatic carbocycles. The van der Waals surface area contributed by atoms with Crippen molar-refractivity contribution in [1.29, 1.82) is 0 Å². The molecule has 6 heteroatoms. The van der Waals surface area contributed by atoms with Crippen LogP contribution in [0.15, 0.2) is 76.0 Å². The van der Waals surface area contributed by atoms with Gasteiger partial charge in [0.25, 0.3) is 0 Å². The van der Waals surface area contributed by atoms with Gasteiger partial charge in [-0.05, 0) is 18.2 Å². The monoisotopic (exact) mass is 342 g/mol. The minimum Gasteiger partial charge on any atom is -0.397 e. The van der Waals surface area contributed by atoms with E-state index < -0.39 is 5.63 Å². The minimum absolute atomic E-state index is 0.348. The summed E-state index contributed by atoms with van der Waals surface area (Å²) in [5.41, 5.74) is 8.97. The summed E-state index contributed by atoms with van der Waals surface area (Å²) in [5.74, 6) is 0.634. The second-order valence-electron chi connectivity index (χ2n) is 6.08. The first kappa shape index (κ1) is 14.5. The van der Waals surface area contributed by atoms with Gasteiger partial charge in [-0.2, -0.15) is 0 Å². The first-order valence-electron chi connectivity index (χ1n) is 8.17. The predicted octanol–water partition coefficient (Wildman–Crippen LogP) is 3.71. The van der Waals surface area contributed by atoms with Crippen LogP contribution in [0.1, 0.15) is 0 Å². The average Bonchev–Trinajstić information content (AvgIpc) is 3.23. The van der Waals surface area contributed by atoms with Crippen molar-refractivity contribution in [2.45, 2.75) is 0 Å². The Bertz CT molecular complexity index is 1280. The van der Waals surface area contributed by atoms with E-state index in [-0.39, 0.29) is 0 Å². The van der Waals surface area contributed by atoms with Crippen LogP contribution in [0.4, 0.5) is 5.69 Å². The van der Waals surface area contributed by atoms with Crippen LogP contribution in [-0.2, 0) is 0 Å². The van der Waals surface area contributed by atoms with Gasteiger partial charge >= 0.3 is 5.63 Å². The Balaban J connectivity index is 1.79. The topological polar surface area (TPSA) is 89.8 Å². The maximum atomic E-state index is 12.3. The minimum atomic E-state index is -0.475. The van der Waals surface area contributed by atoms with Crippen LogP contribution >= 0.6 is 0 Å². The summed E-state index contributed by atoms with van der Waals surface area (Å²) in [4.78, 5) is 20.2. The third-order valence-electron chi connectivity index (χ3n) is 4.40. The number of para-hydroxylation sites is 1. The lowest BCUT2D eigenvalue weighted by atomic mass is 10.1. The molecule has 0 saturated heterocycles. The van der Waals surface area contributed by atoms with Gasteiger partial charge in [0.2, 0.25) is 0 Å². The van der Waals surface area contributed by atoms with Crippen molar-refractivity contribution in [2.24, 2.45) is 0 Å². The smallest absolute Gasteiger partial charge is 0.367 e. The SMILES string of the molecule is Nc1cc2c(=O)on(-c3cc4ccccc4[nH]3)c2nc1-c1ccccc1. The van der Waals surface area contributed by atoms with Crippen LogP contribution in [0.3, 0.4) is 0 Å². The van der Waals surface area contributed by atoms with Crippen LogP contribution in [0, 0.1) is 0 Å². The highest BCUT2D eigenvalue weighted by molar-refractivity contribution is 5.87. The summed E-state index contributed by atoms with van der Waals surface area (Å²) >= 11 is 0. The van der Waals surface area contributed by atoms with E-state index in [9.17, 15) is 4.79 Å². The number of aromatic nitrogens is 3. The largest absolute Gasteiger partial charge is 0.397 e. The van der Waals surface area contributed by atoms with Crippen molar-refractivity contribution in [3.05, 3.63) is 77.2 Å². The lowest BCUT2D eigenvalue weighted by Crippen LogP contribution is -1.98. The lowest BCUT2D eigenvalue weighted by Gasteiger charge is -2.05. The quantitative estimate of drug-likeness (QED) is 0.512. The Morgan fingerprint density at radius 2 is 1.77 bits per heavy atom. The van der Waals surface area contributed by atoms with Crippen molar-refractivity contribution in [1.82, 2.24) is 14.7 Å². The highest BCUT2D eigenvalue weighted by atomic mass is 16.5. The summed E-state index contributed by atoms with van der Waals surface area (Å²) in [6.45, 7) is 0. The molecule has 126 valence electrons. The van der Waals surface area contributed by atoms with Gasteiger partial charge < -0.3 is 15.2 Å². The maximum Gasteiger partial charge on any atom is 0.367 e. The van der Waals surface area contributed by atoms with Gasteiger partial charge in [-0.15, -0.1) is 4.74 Å². The Hall–Kier alpha value is -3.80. The molecule has 0 aliphatic heterocycles. The molecule has 26 heavy (non-hydrogen) atoms. The predicted molar refractivity (Wildman–Crippen MR) is 101 cm³/mol. The number of hydrogen-bond acceptors (Lipinski definition) is 4. The number of nitrogens with one attached hydrogen (secondary N) is 1. The second kappa shape index (κ2) is 5.35. The fourth-order valence-electron chi connectivity index (χ4n) is 3.16. The molecule has 0 spiro atoms. The van der Waals surface area contributed by atoms with Gasteiger partial charge in [-0.25, -0.2) is 9.78 Å². The second-order valence-corrected chi connectivity index (χ2v) is 6.08. The lowest BCUT2D eigenvalue weighted by molar-refractivity contribution is 0.328. The molecule has 0 unspecified atom stereocenters. The van der Waals surface area contributed by atoms with Crippen LogP contribution < -0.4 is 11.4 Å². The zero-order valence-corrected chi connectivity index (χ0v) is 13.6. The molecule has 3 N–H and O–H groups in total. The third-order valence-corrected chi connectivity index (χ3v) is 4.40. The fraction of sp³-hybridized carbons (Fsp3) is 0. The zero-order valence-electron chi connectivity index (χ0n) is 13.6. The van der Waals surface area contributed by atoms with Crippen molar-refractivity contribution in [3.63, 3.8) is 0 Å². The van der Waals surface area contributed by atoms with Crippen molar-refractivity contribution < 1.29 is 4.52 Å². The maximum absolute atomic E-state index is 12.3. The van der Waals surface area contributed by atoms with Crippen LogP contribution in [0.2, 0.25) is 0 Å². The van der Waals surface area contributed by atoms with Gasteiger partial charge in [0.05, 0.1) is 11.4 Å².